The minimum absolute atomic E-state index is 0.393. The minimum atomic E-state index is -1.18. The lowest BCUT2D eigenvalue weighted by Gasteiger charge is -2.27. The van der Waals surface area contributed by atoms with Gasteiger partial charge in [0, 0.05) is 0 Å². The Morgan fingerprint density at radius 2 is 2.06 bits per heavy atom. The Morgan fingerprint density at radius 1 is 1.47 bits per heavy atom. The SMILES string of the molecule is COC(=O)[C@H](CCSC)NC(O)OC(C)(C)C. The monoisotopic (exact) mass is 265 g/mol. The highest BCUT2D eigenvalue weighted by Crippen LogP contribution is 2.10. The lowest BCUT2D eigenvalue weighted by Crippen LogP contribution is -2.47. The van der Waals surface area contributed by atoms with Gasteiger partial charge in [0.25, 0.3) is 0 Å². The van der Waals surface area contributed by atoms with E-state index in [1.165, 1.54) is 7.11 Å². The summed E-state index contributed by atoms with van der Waals surface area (Å²) in [6, 6.07) is -0.551. The van der Waals surface area contributed by atoms with E-state index in [1.54, 1.807) is 11.8 Å². The number of carbonyl (C=O) groups excluding carboxylic acids is 1. The number of carbonyl (C=O) groups is 1. The van der Waals surface area contributed by atoms with E-state index in [0.29, 0.717) is 6.42 Å². The van der Waals surface area contributed by atoms with Crippen LogP contribution in [0.15, 0.2) is 0 Å². The number of thioether (sulfide) groups is 1. The van der Waals surface area contributed by atoms with E-state index in [1.807, 2.05) is 27.0 Å². The Kier molecular flexibility index (Phi) is 7.78. The Balaban J connectivity index is 4.26. The fourth-order valence-corrected chi connectivity index (χ4v) is 1.66. The Hall–Kier alpha value is -0.300. The molecule has 0 aromatic rings. The Morgan fingerprint density at radius 3 is 2.47 bits per heavy atom. The van der Waals surface area contributed by atoms with E-state index in [9.17, 15) is 9.90 Å². The summed E-state index contributed by atoms with van der Waals surface area (Å²) in [4.78, 5) is 11.5. The first kappa shape index (κ1) is 16.7. The number of aliphatic hydroxyl groups excluding tert-OH is 1. The third kappa shape index (κ3) is 8.43. The van der Waals surface area contributed by atoms with E-state index in [0.717, 1.165) is 5.75 Å². The highest BCUT2D eigenvalue weighted by Gasteiger charge is 2.24. The van der Waals surface area contributed by atoms with Crippen LogP contribution in [0, 0.1) is 0 Å². The van der Waals surface area contributed by atoms with Crippen LogP contribution in [0.2, 0.25) is 0 Å². The molecule has 1 unspecified atom stereocenters. The number of methoxy groups -OCH3 is 1. The largest absolute Gasteiger partial charge is 0.468 e. The number of hydrogen-bond acceptors (Lipinski definition) is 6. The zero-order chi connectivity index (χ0) is 13.5. The second-order valence-electron chi connectivity index (χ2n) is 4.61. The summed E-state index contributed by atoms with van der Waals surface area (Å²) in [5, 5.41) is 12.4. The molecule has 17 heavy (non-hydrogen) atoms. The molecule has 0 bridgehead atoms. The maximum absolute atomic E-state index is 11.5. The summed E-state index contributed by atoms with van der Waals surface area (Å²) >= 11 is 1.63. The number of esters is 1. The van der Waals surface area contributed by atoms with Gasteiger partial charge in [0.05, 0.1) is 12.7 Å². The van der Waals surface area contributed by atoms with Gasteiger partial charge in [-0.25, -0.2) is 0 Å². The molecule has 0 aromatic heterocycles. The molecule has 0 fully saturated rings. The van der Waals surface area contributed by atoms with Crippen molar-refractivity contribution in [1.29, 1.82) is 0 Å². The number of hydrogen-bond donors (Lipinski definition) is 2. The Labute approximate surface area is 107 Å². The summed E-state index contributed by atoms with van der Waals surface area (Å²) in [5.41, 5.74) is -0.480. The fraction of sp³-hybridized carbons (Fsp3) is 0.909. The predicted octanol–water partition coefficient (Wildman–Crippen LogP) is 0.962. The third-order valence-corrected chi connectivity index (χ3v) is 2.55. The van der Waals surface area contributed by atoms with Crippen molar-refractivity contribution < 1.29 is 19.4 Å². The summed E-state index contributed by atoms with van der Waals surface area (Å²) in [5.74, 6) is 0.408. The second kappa shape index (κ2) is 7.92. The van der Waals surface area contributed by atoms with Gasteiger partial charge in [-0.2, -0.15) is 11.8 Å². The highest BCUT2D eigenvalue weighted by molar-refractivity contribution is 7.98. The van der Waals surface area contributed by atoms with Crippen LogP contribution >= 0.6 is 11.8 Å². The van der Waals surface area contributed by atoms with E-state index >= 15 is 0 Å². The molecule has 6 heteroatoms. The van der Waals surface area contributed by atoms with Gasteiger partial charge in [-0.05, 0) is 39.2 Å². The van der Waals surface area contributed by atoms with Gasteiger partial charge in [0.15, 0.2) is 0 Å². The van der Waals surface area contributed by atoms with Crippen LogP contribution in [0.3, 0.4) is 0 Å². The van der Waals surface area contributed by atoms with Gasteiger partial charge in [-0.15, -0.1) is 0 Å². The second-order valence-corrected chi connectivity index (χ2v) is 5.59. The van der Waals surface area contributed by atoms with Gasteiger partial charge in [0.1, 0.15) is 6.04 Å². The molecule has 0 aliphatic carbocycles. The van der Waals surface area contributed by atoms with Crippen molar-refractivity contribution in [2.24, 2.45) is 0 Å². The molecule has 0 aliphatic rings. The first-order chi connectivity index (χ1) is 7.80. The van der Waals surface area contributed by atoms with Crippen LogP contribution in [0.5, 0.6) is 0 Å². The zero-order valence-electron chi connectivity index (χ0n) is 11.1. The van der Waals surface area contributed by atoms with E-state index < -0.39 is 24.0 Å². The highest BCUT2D eigenvalue weighted by atomic mass is 32.2. The van der Waals surface area contributed by atoms with Crippen molar-refractivity contribution >= 4 is 17.7 Å². The summed E-state index contributed by atoms with van der Waals surface area (Å²) in [6.07, 6.45) is 1.36. The number of ether oxygens (including phenoxy) is 2. The molecule has 102 valence electrons. The van der Waals surface area contributed by atoms with Crippen molar-refractivity contribution in [3.8, 4) is 0 Å². The molecule has 0 aromatic carbocycles. The molecule has 5 nitrogen and oxygen atoms in total. The molecule has 2 atom stereocenters. The molecule has 2 N–H and O–H groups in total. The van der Waals surface area contributed by atoms with Crippen molar-refractivity contribution in [3.05, 3.63) is 0 Å². The number of rotatable bonds is 7. The first-order valence-electron chi connectivity index (χ1n) is 5.49. The van der Waals surface area contributed by atoms with E-state index in [2.05, 4.69) is 10.1 Å². The van der Waals surface area contributed by atoms with Crippen LogP contribution in [0.1, 0.15) is 27.2 Å². The van der Waals surface area contributed by atoms with Gasteiger partial charge in [-0.1, -0.05) is 0 Å². The molecule has 0 saturated heterocycles. The van der Waals surface area contributed by atoms with Crippen LogP contribution in [-0.4, -0.2) is 48.3 Å². The van der Waals surface area contributed by atoms with Gasteiger partial charge >= 0.3 is 5.97 Å². The van der Waals surface area contributed by atoms with Gasteiger partial charge < -0.3 is 14.6 Å². The fourth-order valence-electron chi connectivity index (χ4n) is 1.19. The molecular weight excluding hydrogens is 242 g/mol. The van der Waals surface area contributed by atoms with Crippen LogP contribution in [-0.2, 0) is 14.3 Å². The molecule has 0 rings (SSSR count). The standard InChI is InChI=1S/C11H23NO4S/c1-11(2,3)16-10(14)12-8(6-7-17-5)9(13)15-4/h8,10,12,14H,6-7H2,1-5H3/t8-,10?/m0/s1. The van der Waals surface area contributed by atoms with Crippen LogP contribution in [0.4, 0.5) is 0 Å². The minimum Gasteiger partial charge on any atom is -0.468 e. The predicted molar refractivity (Wildman–Crippen MR) is 68.8 cm³/mol. The lowest BCUT2D eigenvalue weighted by atomic mass is 10.2. The maximum Gasteiger partial charge on any atom is 0.323 e. The average Bonchev–Trinajstić information content (AvgIpc) is 2.20. The topological polar surface area (TPSA) is 67.8 Å². The lowest BCUT2D eigenvalue weighted by molar-refractivity contribution is -0.189. The van der Waals surface area contributed by atoms with Crippen LogP contribution in [0.25, 0.3) is 0 Å². The van der Waals surface area contributed by atoms with Crippen molar-refractivity contribution in [2.45, 2.75) is 45.2 Å². The van der Waals surface area contributed by atoms with Gasteiger partial charge in [-0.3, -0.25) is 10.1 Å². The summed E-state index contributed by atoms with van der Waals surface area (Å²) < 4.78 is 9.94. The van der Waals surface area contributed by atoms with Crippen molar-refractivity contribution in [1.82, 2.24) is 5.32 Å². The van der Waals surface area contributed by atoms with Crippen LogP contribution < -0.4 is 5.32 Å². The van der Waals surface area contributed by atoms with E-state index in [-0.39, 0.29) is 0 Å². The summed E-state index contributed by atoms with van der Waals surface area (Å²) in [7, 11) is 1.33. The molecular formula is C11H23NO4S. The molecule has 0 heterocycles. The molecule has 0 aliphatic heterocycles. The third-order valence-electron chi connectivity index (χ3n) is 1.91. The number of nitrogens with one attached hydrogen (secondary N) is 1. The average molecular weight is 265 g/mol. The van der Waals surface area contributed by atoms with Crippen molar-refractivity contribution in [3.63, 3.8) is 0 Å². The zero-order valence-corrected chi connectivity index (χ0v) is 12.0. The summed E-state index contributed by atoms with van der Waals surface area (Å²) in [6.45, 7) is 5.48. The number of aliphatic hydroxyl groups is 1. The quantitative estimate of drug-likeness (QED) is 0.528. The smallest absolute Gasteiger partial charge is 0.323 e. The normalized spacial score (nSPS) is 15.4. The Bertz CT molecular complexity index is 230. The molecule has 0 radical (unpaired) electrons. The molecule has 0 amide bonds. The maximum atomic E-state index is 11.5. The molecule has 0 saturated carbocycles. The first-order valence-corrected chi connectivity index (χ1v) is 6.88. The van der Waals surface area contributed by atoms with Crippen molar-refractivity contribution in [2.75, 3.05) is 19.1 Å². The molecule has 0 spiro atoms. The van der Waals surface area contributed by atoms with Gasteiger partial charge in [0.2, 0.25) is 6.41 Å². The van der Waals surface area contributed by atoms with E-state index in [4.69, 9.17) is 4.74 Å².